The maximum atomic E-state index is 13.0. The van der Waals surface area contributed by atoms with Crippen LogP contribution in [0.1, 0.15) is 13.3 Å². The molecule has 0 saturated heterocycles. The molecule has 0 aromatic heterocycles. The normalized spacial score (nSPS) is 16.5. The molecule has 1 heterocycles. The molecule has 6 nitrogen and oxygen atoms in total. The number of hydrogen-bond acceptors (Lipinski definition) is 3. The Labute approximate surface area is 138 Å². The van der Waals surface area contributed by atoms with Gasteiger partial charge >= 0.3 is 12.2 Å². The van der Waals surface area contributed by atoms with Crippen LogP contribution in [0.5, 0.6) is 0 Å². The van der Waals surface area contributed by atoms with Gasteiger partial charge in [0.2, 0.25) is 0 Å². The van der Waals surface area contributed by atoms with Crippen LogP contribution in [0.25, 0.3) is 0 Å². The zero-order valence-corrected chi connectivity index (χ0v) is 13.3. The van der Waals surface area contributed by atoms with Crippen molar-refractivity contribution in [3.05, 3.63) is 36.7 Å². The lowest BCUT2D eigenvalue weighted by atomic mass is 10.2. The van der Waals surface area contributed by atoms with E-state index in [1.165, 1.54) is 23.6 Å². The van der Waals surface area contributed by atoms with Crippen LogP contribution in [0.3, 0.4) is 0 Å². The molecule has 2 N–H and O–H groups in total. The van der Waals surface area contributed by atoms with Crippen LogP contribution in [0, 0.1) is 0 Å². The van der Waals surface area contributed by atoms with E-state index in [-0.39, 0.29) is 25.3 Å². The number of likely N-dealkylation sites (N-methyl/N-ethyl adjacent to an activating group) is 1. The fourth-order valence-electron chi connectivity index (χ4n) is 1.87. The van der Waals surface area contributed by atoms with Crippen molar-refractivity contribution in [2.75, 3.05) is 19.6 Å². The first kappa shape index (κ1) is 19.5. The second-order valence-corrected chi connectivity index (χ2v) is 4.62. The highest BCUT2D eigenvalue weighted by Crippen LogP contribution is 2.27. The molecule has 24 heavy (non-hydrogen) atoms. The molecular formula is C15H20F3N5O. The predicted molar refractivity (Wildman–Crippen MR) is 87.8 cm³/mol. The zero-order chi connectivity index (χ0) is 18.0. The lowest BCUT2D eigenvalue weighted by molar-refractivity contribution is -0.0864. The summed E-state index contributed by atoms with van der Waals surface area (Å²) in [5.74, 6) is -0.249. The van der Waals surface area contributed by atoms with Gasteiger partial charge in [0, 0.05) is 19.3 Å². The Morgan fingerprint density at radius 2 is 2.29 bits per heavy atom. The fraction of sp³-hybridized carbons (Fsp3) is 0.400. The molecule has 1 aliphatic rings. The fourth-order valence-corrected chi connectivity index (χ4v) is 1.87. The Kier molecular flexibility index (Phi) is 7.73. The molecule has 0 bridgehead atoms. The minimum absolute atomic E-state index is 0.0312. The number of amidine groups is 1. The highest BCUT2D eigenvalue weighted by atomic mass is 19.4. The SMILES string of the molecule is C=CN=CNC(=O)N(CC)CCN=C1NC=CCC=C1C(F)(F)F. The summed E-state index contributed by atoms with van der Waals surface area (Å²) in [5.41, 5.74) is -0.807. The number of urea groups is 1. The van der Waals surface area contributed by atoms with Crippen LogP contribution < -0.4 is 10.6 Å². The molecule has 2 amide bonds. The largest absolute Gasteiger partial charge is 0.419 e. The van der Waals surface area contributed by atoms with Gasteiger partial charge in [-0.05, 0) is 19.5 Å². The van der Waals surface area contributed by atoms with Crippen LogP contribution in [0.4, 0.5) is 18.0 Å². The standard InChI is InChI=1S/C15H20F3N5O/c1-3-19-11-22-14(24)23(4-2)10-9-21-13-12(15(16,17)18)7-5-6-8-20-13/h3,6-8,11H,1,4-5,9-10H2,2H3,(H,20,21)(H,19,22,24). The molecule has 1 aliphatic heterocycles. The number of allylic oxidation sites excluding steroid dienone is 2. The molecule has 0 radical (unpaired) electrons. The summed E-state index contributed by atoms with van der Waals surface area (Å²) >= 11 is 0. The van der Waals surface area contributed by atoms with E-state index in [9.17, 15) is 18.0 Å². The van der Waals surface area contributed by atoms with Gasteiger partial charge in [0.05, 0.1) is 18.5 Å². The van der Waals surface area contributed by atoms with Gasteiger partial charge in [-0.2, -0.15) is 13.2 Å². The van der Waals surface area contributed by atoms with Crippen molar-refractivity contribution in [3.8, 4) is 0 Å². The average Bonchev–Trinajstić information content (AvgIpc) is 2.77. The number of rotatable bonds is 6. The van der Waals surface area contributed by atoms with Gasteiger partial charge in [0.1, 0.15) is 5.84 Å². The zero-order valence-electron chi connectivity index (χ0n) is 13.3. The first-order chi connectivity index (χ1) is 11.4. The molecule has 132 valence electrons. The lowest BCUT2D eigenvalue weighted by Gasteiger charge is -2.19. The summed E-state index contributed by atoms with van der Waals surface area (Å²) in [7, 11) is 0. The quantitative estimate of drug-likeness (QED) is 0.575. The maximum absolute atomic E-state index is 13.0. The van der Waals surface area contributed by atoms with Crippen LogP contribution in [0.15, 0.2) is 46.7 Å². The molecule has 0 fully saturated rings. The molecule has 0 saturated carbocycles. The number of aliphatic imine (C=N–C) groups is 2. The summed E-state index contributed by atoms with van der Waals surface area (Å²) in [4.78, 5) is 20.8. The third-order valence-electron chi connectivity index (χ3n) is 3.03. The predicted octanol–water partition coefficient (Wildman–Crippen LogP) is 2.58. The number of nitrogens with zero attached hydrogens (tertiary/aromatic N) is 3. The Hall–Kier alpha value is -2.58. The highest BCUT2D eigenvalue weighted by Gasteiger charge is 2.36. The smallest absolute Gasteiger partial charge is 0.347 e. The van der Waals surface area contributed by atoms with Crippen molar-refractivity contribution in [1.29, 1.82) is 0 Å². The van der Waals surface area contributed by atoms with E-state index < -0.39 is 17.8 Å². The Bertz CT molecular complexity index is 564. The second kappa shape index (κ2) is 9.53. The molecule has 0 aliphatic carbocycles. The molecule has 0 atom stereocenters. The molecule has 9 heteroatoms. The van der Waals surface area contributed by atoms with Gasteiger partial charge < -0.3 is 10.2 Å². The van der Waals surface area contributed by atoms with E-state index in [0.29, 0.717) is 6.54 Å². The number of carbonyl (C=O) groups excluding carboxylic acids is 1. The van der Waals surface area contributed by atoms with Crippen LogP contribution in [-0.4, -0.2) is 48.9 Å². The van der Waals surface area contributed by atoms with Crippen molar-refractivity contribution in [2.45, 2.75) is 19.5 Å². The summed E-state index contributed by atoms with van der Waals surface area (Å²) in [5, 5.41) is 4.95. The molecule has 0 aromatic carbocycles. The number of nitrogens with one attached hydrogen (secondary N) is 2. The molecule has 0 unspecified atom stereocenters. The number of amides is 2. The first-order valence-corrected chi connectivity index (χ1v) is 7.31. The van der Waals surface area contributed by atoms with Crippen LogP contribution >= 0.6 is 0 Å². The minimum atomic E-state index is -4.49. The molecule has 0 spiro atoms. The van der Waals surface area contributed by atoms with Crippen molar-refractivity contribution in [1.82, 2.24) is 15.5 Å². The van der Waals surface area contributed by atoms with Crippen molar-refractivity contribution in [3.63, 3.8) is 0 Å². The molecule has 1 rings (SSSR count). The van der Waals surface area contributed by atoms with E-state index in [1.54, 1.807) is 13.0 Å². The summed E-state index contributed by atoms with van der Waals surface area (Å²) in [6, 6.07) is -0.413. The summed E-state index contributed by atoms with van der Waals surface area (Å²) < 4.78 is 39.0. The number of carbonyl (C=O) groups is 1. The number of hydrogen-bond donors (Lipinski definition) is 2. The van der Waals surface area contributed by atoms with E-state index in [0.717, 1.165) is 6.08 Å². The average molecular weight is 343 g/mol. The number of halogens is 3. The lowest BCUT2D eigenvalue weighted by Crippen LogP contribution is -2.40. The third-order valence-corrected chi connectivity index (χ3v) is 3.03. The van der Waals surface area contributed by atoms with Gasteiger partial charge in [-0.3, -0.25) is 10.3 Å². The van der Waals surface area contributed by atoms with Gasteiger partial charge in [-0.1, -0.05) is 18.7 Å². The van der Waals surface area contributed by atoms with Crippen molar-refractivity contribution in [2.24, 2.45) is 9.98 Å². The molecular weight excluding hydrogens is 323 g/mol. The monoisotopic (exact) mass is 343 g/mol. The topological polar surface area (TPSA) is 69.1 Å². The van der Waals surface area contributed by atoms with E-state index in [2.05, 4.69) is 27.2 Å². The van der Waals surface area contributed by atoms with Gasteiger partial charge in [-0.25, -0.2) is 9.79 Å². The summed E-state index contributed by atoms with van der Waals surface area (Å²) in [6.07, 6.45) is 2.20. The van der Waals surface area contributed by atoms with Crippen molar-refractivity contribution >= 4 is 18.2 Å². The van der Waals surface area contributed by atoms with Crippen LogP contribution in [-0.2, 0) is 0 Å². The number of alkyl halides is 3. The van der Waals surface area contributed by atoms with Crippen molar-refractivity contribution < 1.29 is 18.0 Å². The Balaban J connectivity index is 2.71. The maximum Gasteiger partial charge on any atom is 0.419 e. The highest BCUT2D eigenvalue weighted by molar-refractivity contribution is 6.00. The van der Waals surface area contributed by atoms with Crippen LogP contribution in [0.2, 0.25) is 0 Å². The van der Waals surface area contributed by atoms with E-state index >= 15 is 0 Å². The Morgan fingerprint density at radius 3 is 2.92 bits per heavy atom. The van der Waals surface area contributed by atoms with Gasteiger partial charge in [0.25, 0.3) is 0 Å². The third kappa shape index (κ3) is 6.27. The Morgan fingerprint density at radius 1 is 1.54 bits per heavy atom. The summed E-state index contributed by atoms with van der Waals surface area (Å²) in [6.45, 7) is 5.71. The second-order valence-electron chi connectivity index (χ2n) is 4.62. The van der Waals surface area contributed by atoms with Gasteiger partial charge in [-0.15, -0.1) is 0 Å². The van der Waals surface area contributed by atoms with E-state index in [1.807, 2.05) is 0 Å². The first-order valence-electron chi connectivity index (χ1n) is 7.31. The minimum Gasteiger partial charge on any atom is -0.347 e. The van der Waals surface area contributed by atoms with Gasteiger partial charge in [0.15, 0.2) is 0 Å². The van der Waals surface area contributed by atoms with E-state index in [4.69, 9.17) is 0 Å². The molecule has 0 aromatic rings.